The Labute approximate surface area is 200 Å². The minimum absolute atomic E-state index is 0.141. The van der Waals surface area contributed by atoms with Crippen LogP contribution in [0.1, 0.15) is 12.5 Å². The molecule has 1 amide bonds. The van der Waals surface area contributed by atoms with Crippen LogP contribution in [0.5, 0.6) is 0 Å². The van der Waals surface area contributed by atoms with Crippen LogP contribution in [-0.4, -0.2) is 25.4 Å². The lowest BCUT2D eigenvalue weighted by atomic mass is 10.0. The van der Waals surface area contributed by atoms with Gasteiger partial charge in [-0.25, -0.2) is 4.68 Å². The van der Waals surface area contributed by atoms with Gasteiger partial charge in [0.2, 0.25) is 0 Å². The first kappa shape index (κ1) is 20.5. The second-order valence-electron chi connectivity index (χ2n) is 8.10. The summed E-state index contributed by atoms with van der Waals surface area (Å²) < 4.78 is 4.16. The fraction of sp³-hybridized carbons (Fsp3) is 0.0741. The van der Waals surface area contributed by atoms with Gasteiger partial charge in [0.1, 0.15) is 5.69 Å². The fourth-order valence-electron chi connectivity index (χ4n) is 4.55. The Morgan fingerprint density at radius 1 is 1.00 bits per heavy atom. The maximum atomic E-state index is 12.3. The van der Waals surface area contributed by atoms with Crippen molar-refractivity contribution >= 4 is 50.7 Å². The molecular weight excluding hydrogens is 442 g/mol. The molecule has 2 N–H and O–H groups in total. The van der Waals surface area contributed by atoms with Crippen molar-refractivity contribution in [3.05, 3.63) is 89.5 Å². The van der Waals surface area contributed by atoms with Gasteiger partial charge in [0.05, 0.1) is 10.6 Å². The summed E-state index contributed by atoms with van der Waals surface area (Å²) >= 11 is 1.13. The Morgan fingerprint density at radius 3 is 2.53 bits per heavy atom. The van der Waals surface area contributed by atoms with Gasteiger partial charge in [-0.2, -0.15) is 5.10 Å². The third-order valence-corrected chi connectivity index (χ3v) is 6.90. The van der Waals surface area contributed by atoms with E-state index in [1.165, 1.54) is 21.8 Å². The molecule has 1 fully saturated rings. The van der Waals surface area contributed by atoms with Crippen molar-refractivity contribution in [1.29, 1.82) is 5.41 Å². The molecule has 0 aliphatic carbocycles. The van der Waals surface area contributed by atoms with E-state index < -0.39 is 0 Å². The molecule has 5 aromatic rings. The topological polar surface area (TPSA) is 75.7 Å². The predicted octanol–water partition coefficient (Wildman–Crippen LogP) is 5.81. The number of amides is 1. The van der Waals surface area contributed by atoms with Crippen LogP contribution in [0.3, 0.4) is 0 Å². The van der Waals surface area contributed by atoms with Crippen LogP contribution >= 0.6 is 11.8 Å². The SMILES string of the molecule is CCn1c2ccccc2c2cc(-c3nn(-c4ccccc4)cc3C=C3SC(=N)NC3=O)ccc21. The molecule has 1 aliphatic rings. The average molecular weight is 464 g/mol. The molecule has 3 aromatic carbocycles. The van der Waals surface area contributed by atoms with Gasteiger partial charge in [-0.1, -0.05) is 42.5 Å². The normalized spacial score (nSPS) is 15.0. The summed E-state index contributed by atoms with van der Waals surface area (Å²) in [7, 11) is 0. The predicted molar refractivity (Wildman–Crippen MR) is 139 cm³/mol. The van der Waals surface area contributed by atoms with Crippen LogP contribution < -0.4 is 5.32 Å². The molecule has 0 saturated carbocycles. The third-order valence-electron chi connectivity index (χ3n) is 6.07. The molecule has 6 nitrogen and oxygen atoms in total. The van der Waals surface area contributed by atoms with Crippen molar-refractivity contribution in [2.45, 2.75) is 13.5 Å². The number of para-hydroxylation sites is 2. The summed E-state index contributed by atoms with van der Waals surface area (Å²) in [5.74, 6) is -0.255. The Balaban J connectivity index is 1.57. The minimum atomic E-state index is -0.255. The third kappa shape index (κ3) is 3.33. The quantitative estimate of drug-likeness (QED) is 0.331. The van der Waals surface area contributed by atoms with Crippen LogP contribution in [0.25, 0.3) is 44.8 Å². The van der Waals surface area contributed by atoms with E-state index in [-0.39, 0.29) is 11.1 Å². The molecule has 7 heteroatoms. The van der Waals surface area contributed by atoms with E-state index in [9.17, 15) is 4.79 Å². The van der Waals surface area contributed by atoms with Gasteiger partial charge in [0.25, 0.3) is 5.91 Å². The summed E-state index contributed by atoms with van der Waals surface area (Å²) in [5.41, 5.74) is 5.94. The van der Waals surface area contributed by atoms with Crippen LogP contribution in [0.15, 0.2) is 83.9 Å². The highest BCUT2D eigenvalue weighted by Crippen LogP contribution is 2.35. The standard InChI is InChI=1S/C27H21N5OS/c1-2-31-22-11-7-6-10-20(22)21-14-17(12-13-23(21)31)25-18(15-24-26(33)29-27(28)34-24)16-32(30-25)19-8-4-3-5-9-19/h3-16H,2H2,1H3,(H2,28,29,33). The van der Waals surface area contributed by atoms with Gasteiger partial charge >= 0.3 is 0 Å². The largest absolute Gasteiger partial charge is 0.341 e. The molecule has 0 radical (unpaired) electrons. The summed E-state index contributed by atoms with van der Waals surface area (Å²) in [5, 5.41) is 17.8. The monoisotopic (exact) mass is 463 g/mol. The molecule has 1 aliphatic heterocycles. The van der Waals surface area contributed by atoms with E-state index in [0.29, 0.717) is 4.91 Å². The lowest BCUT2D eigenvalue weighted by Gasteiger charge is -2.04. The number of thioether (sulfide) groups is 1. The van der Waals surface area contributed by atoms with E-state index in [2.05, 4.69) is 59.3 Å². The number of fused-ring (bicyclic) bond motifs is 3. The highest BCUT2D eigenvalue weighted by atomic mass is 32.2. The molecule has 0 atom stereocenters. The number of hydrogen-bond donors (Lipinski definition) is 2. The van der Waals surface area contributed by atoms with Gasteiger partial charge < -0.3 is 9.88 Å². The zero-order valence-corrected chi connectivity index (χ0v) is 19.3. The van der Waals surface area contributed by atoms with Crippen molar-refractivity contribution in [1.82, 2.24) is 19.7 Å². The van der Waals surface area contributed by atoms with E-state index in [4.69, 9.17) is 10.5 Å². The van der Waals surface area contributed by atoms with Crippen LogP contribution in [-0.2, 0) is 11.3 Å². The summed E-state index contributed by atoms with van der Waals surface area (Å²) in [6.45, 7) is 3.05. The van der Waals surface area contributed by atoms with Gasteiger partial charge in [-0.3, -0.25) is 10.2 Å². The first-order chi connectivity index (χ1) is 16.6. The van der Waals surface area contributed by atoms with Crippen molar-refractivity contribution in [3.63, 3.8) is 0 Å². The van der Waals surface area contributed by atoms with Crippen molar-refractivity contribution < 1.29 is 4.79 Å². The lowest BCUT2D eigenvalue weighted by Crippen LogP contribution is -2.18. The second kappa shape index (κ2) is 8.04. The average Bonchev–Trinajstić information content (AvgIpc) is 3.52. The van der Waals surface area contributed by atoms with Gasteiger partial charge in [-0.15, -0.1) is 0 Å². The van der Waals surface area contributed by atoms with E-state index >= 15 is 0 Å². The van der Waals surface area contributed by atoms with E-state index in [1.54, 1.807) is 0 Å². The smallest absolute Gasteiger partial charge is 0.264 e. The maximum Gasteiger partial charge on any atom is 0.264 e. The van der Waals surface area contributed by atoms with Gasteiger partial charge in [0, 0.05) is 45.7 Å². The molecule has 0 spiro atoms. The molecule has 2 aromatic heterocycles. The number of amidine groups is 1. The van der Waals surface area contributed by atoms with Crippen molar-refractivity contribution in [2.24, 2.45) is 0 Å². The van der Waals surface area contributed by atoms with Gasteiger partial charge in [0.15, 0.2) is 5.17 Å². The highest BCUT2D eigenvalue weighted by molar-refractivity contribution is 8.18. The molecule has 1 saturated heterocycles. The Bertz CT molecular complexity index is 1630. The molecule has 6 rings (SSSR count). The number of benzene rings is 3. The summed E-state index contributed by atoms with van der Waals surface area (Å²) in [6, 6.07) is 24.8. The number of aryl methyl sites for hydroxylation is 1. The highest BCUT2D eigenvalue weighted by Gasteiger charge is 2.24. The van der Waals surface area contributed by atoms with E-state index in [0.717, 1.165) is 40.8 Å². The zero-order valence-electron chi connectivity index (χ0n) is 18.4. The molecule has 0 bridgehead atoms. The Morgan fingerprint density at radius 2 is 1.76 bits per heavy atom. The summed E-state index contributed by atoms with van der Waals surface area (Å²) in [6.07, 6.45) is 3.76. The van der Waals surface area contributed by atoms with Gasteiger partial charge in [-0.05, 0) is 55.1 Å². The molecule has 3 heterocycles. The molecular formula is C27H21N5OS. The fourth-order valence-corrected chi connectivity index (χ4v) is 5.25. The number of nitrogens with zero attached hydrogens (tertiary/aromatic N) is 3. The number of aromatic nitrogens is 3. The van der Waals surface area contributed by atoms with E-state index in [1.807, 2.05) is 47.3 Å². The van der Waals surface area contributed by atoms with Crippen molar-refractivity contribution in [2.75, 3.05) is 0 Å². The number of nitrogens with one attached hydrogen (secondary N) is 2. The first-order valence-corrected chi connectivity index (χ1v) is 11.9. The number of hydrogen-bond acceptors (Lipinski definition) is 4. The molecule has 34 heavy (non-hydrogen) atoms. The molecule has 166 valence electrons. The minimum Gasteiger partial charge on any atom is -0.341 e. The van der Waals surface area contributed by atoms with Crippen LogP contribution in [0.4, 0.5) is 0 Å². The Hall–Kier alpha value is -4.10. The number of carbonyl (C=O) groups is 1. The Kier molecular flexibility index (Phi) is 4.85. The van der Waals surface area contributed by atoms with Crippen LogP contribution in [0.2, 0.25) is 0 Å². The first-order valence-electron chi connectivity index (χ1n) is 11.1. The second-order valence-corrected chi connectivity index (χ2v) is 9.15. The van der Waals surface area contributed by atoms with Crippen molar-refractivity contribution in [3.8, 4) is 16.9 Å². The zero-order chi connectivity index (χ0) is 23.2. The summed E-state index contributed by atoms with van der Waals surface area (Å²) in [4.78, 5) is 12.8. The number of carbonyl (C=O) groups excluding carboxylic acids is 1. The van der Waals surface area contributed by atoms with Crippen LogP contribution in [0, 0.1) is 5.41 Å². The molecule has 0 unspecified atom stereocenters. The maximum absolute atomic E-state index is 12.3. The lowest BCUT2D eigenvalue weighted by molar-refractivity contribution is -0.115. The number of rotatable bonds is 4.